The van der Waals surface area contributed by atoms with Crippen LogP contribution in [0.1, 0.15) is 12.5 Å². The normalized spacial score (nSPS) is 19.9. The summed E-state index contributed by atoms with van der Waals surface area (Å²) in [7, 11) is 0. The lowest BCUT2D eigenvalue weighted by molar-refractivity contribution is -0.132. The van der Waals surface area contributed by atoms with E-state index in [0.29, 0.717) is 42.9 Å². The van der Waals surface area contributed by atoms with E-state index in [1.807, 2.05) is 11.8 Å². The molecule has 6 heteroatoms. The number of rotatable bonds is 4. The van der Waals surface area contributed by atoms with Crippen LogP contribution in [0.3, 0.4) is 0 Å². The Morgan fingerprint density at radius 1 is 1.60 bits per heavy atom. The Labute approximate surface area is 126 Å². The number of carbonyl (C=O) groups is 1. The molecule has 0 aromatic heterocycles. The predicted octanol–water partition coefficient (Wildman–Crippen LogP) is 1.93. The maximum Gasteiger partial charge on any atom is 0.239 e. The van der Waals surface area contributed by atoms with Gasteiger partial charge in [-0.05, 0) is 19.1 Å². The van der Waals surface area contributed by atoms with Gasteiger partial charge < -0.3 is 10.1 Å². The fourth-order valence-electron chi connectivity index (χ4n) is 2.23. The highest BCUT2D eigenvalue weighted by molar-refractivity contribution is 9.10. The van der Waals surface area contributed by atoms with Crippen molar-refractivity contribution in [2.24, 2.45) is 0 Å². The van der Waals surface area contributed by atoms with Crippen LogP contribution in [0.4, 0.5) is 4.39 Å². The summed E-state index contributed by atoms with van der Waals surface area (Å²) in [5.74, 6) is -0.328. The molecule has 1 heterocycles. The second kappa shape index (κ2) is 7.15. The molecule has 1 amide bonds. The molecule has 0 aliphatic carbocycles. The molecule has 110 valence electrons. The van der Waals surface area contributed by atoms with Crippen molar-refractivity contribution in [1.29, 1.82) is 0 Å². The molecule has 20 heavy (non-hydrogen) atoms. The van der Waals surface area contributed by atoms with Crippen molar-refractivity contribution in [2.45, 2.75) is 19.5 Å². The number of hydrogen-bond donors (Lipinski definition) is 1. The van der Waals surface area contributed by atoms with E-state index in [0.717, 1.165) is 0 Å². The summed E-state index contributed by atoms with van der Waals surface area (Å²) in [6.07, 6.45) is 0. The van der Waals surface area contributed by atoms with Gasteiger partial charge in [-0.25, -0.2) is 4.39 Å². The van der Waals surface area contributed by atoms with Gasteiger partial charge in [-0.3, -0.25) is 9.69 Å². The minimum Gasteiger partial charge on any atom is -0.378 e. The van der Waals surface area contributed by atoms with Gasteiger partial charge in [0.15, 0.2) is 0 Å². The Hall–Kier alpha value is -0.980. The van der Waals surface area contributed by atoms with E-state index in [4.69, 9.17) is 4.74 Å². The number of benzene rings is 1. The molecule has 1 saturated heterocycles. The highest BCUT2D eigenvalue weighted by atomic mass is 79.9. The summed E-state index contributed by atoms with van der Waals surface area (Å²) in [5, 5.41) is 2.79. The van der Waals surface area contributed by atoms with Crippen LogP contribution in [0, 0.1) is 5.82 Å². The predicted molar refractivity (Wildman–Crippen MR) is 77.8 cm³/mol. The molecule has 0 spiro atoms. The molecule has 1 aliphatic rings. The van der Waals surface area contributed by atoms with E-state index in [1.54, 1.807) is 12.1 Å². The van der Waals surface area contributed by atoms with Crippen LogP contribution >= 0.6 is 15.9 Å². The molecule has 0 saturated carbocycles. The smallest absolute Gasteiger partial charge is 0.239 e. The molecular weight excluding hydrogens is 327 g/mol. The summed E-state index contributed by atoms with van der Waals surface area (Å²) in [4.78, 5) is 14.0. The Balaban J connectivity index is 2.10. The standard InChI is InChI=1S/C14H18BrFN2O2/c1-2-17-14(19)13-9-20-6-5-18(13)8-10-3-4-11(15)7-12(10)16/h3-4,7,13H,2,5-6,8-9H2,1H3,(H,17,19). The summed E-state index contributed by atoms with van der Waals surface area (Å²) >= 11 is 3.24. The molecule has 2 rings (SSSR count). The van der Waals surface area contributed by atoms with Crippen LogP contribution in [0.2, 0.25) is 0 Å². The maximum atomic E-state index is 13.9. The second-order valence-electron chi connectivity index (χ2n) is 4.69. The zero-order valence-corrected chi connectivity index (χ0v) is 13.0. The highest BCUT2D eigenvalue weighted by Gasteiger charge is 2.29. The van der Waals surface area contributed by atoms with Gasteiger partial charge in [0.1, 0.15) is 11.9 Å². The average molecular weight is 345 g/mol. The van der Waals surface area contributed by atoms with Gasteiger partial charge in [0.05, 0.1) is 13.2 Å². The summed E-state index contributed by atoms with van der Waals surface area (Å²) in [5.41, 5.74) is 0.587. The minimum absolute atomic E-state index is 0.0651. The number of carbonyl (C=O) groups excluding carboxylic acids is 1. The lowest BCUT2D eigenvalue weighted by atomic mass is 10.1. The van der Waals surface area contributed by atoms with Crippen LogP contribution in [0.5, 0.6) is 0 Å². The highest BCUT2D eigenvalue weighted by Crippen LogP contribution is 2.19. The zero-order valence-electron chi connectivity index (χ0n) is 11.4. The summed E-state index contributed by atoms with van der Waals surface area (Å²) in [6.45, 7) is 4.40. The van der Waals surface area contributed by atoms with Crippen molar-refractivity contribution < 1.29 is 13.9 Å². The van der Waals surface area contributed by atoms with E-state index in [2.05, 4.69) is 21.2 Å². The topological polar surface area (TPSA) is 41.6 Å². The third-order valence-electron chi connectivity index (χ3n) is 3.28. The summed E-state index contributed by atoms with van der Waals surface area (Å²) < 4.78 is 20.0. The number of halogens is 2. The number of hydrogen-bond acceptors (Lipinski definition) is 3. The minimum atomic E-state index is -0.355. The SMILES string of the molecule is CCNC(=O)C1COCCN1Cc1ccc(Br)cc1F. The first-order valence-electron chi connectivity index (χ1n) is 6.65. The van der Waals surface area contributed by atoms with Crippen LogP contribution in [-0.4, -0.2) is 43.2 Å². The Morgan fingerprint density at radius 3 is 3.10 bits per heavy atom. The van der Waals surface area contributed by atoms with Crippen LogP contribution in [0.25, 0.3) is 0 Å². The monoisotopic (exact) mass is 344 g/mol. The first kappa shape index (κ1) is 15.4. The van der Waals surface area contributed by atoms with Crippen molar-refractivity contribution in [1.82, 2.24) is 10.2 Å². The van der Waals surface area contributed by atoms with Gasteiger partial charge in [-0.15, -0.1) is 0 Å². The average Bonchev–Trinajstić information content (AvgIpc) is 2.43. The van der Waals surface area contributed by atoms with E-state index in [-0.39, 0.29) is 17.8 Å². The molecule has 1 unspecified atom stereocenters. The Kier molecular flexibility index (Phi) is 5.51. The first-order chi connectivity index (χ1) is 9.61. The van der Waals surface area contributed by atoms with Gasteiger partial charge in [0.25, 0.3) is 0 Å². The molecule has 1 aromatic rings. The van der Waals surface area contributed by atoms with Gasteiger partial charge in [0, 0.05) is 29.7 Å². The van der Waals surface area contributed by atoms with E-state index < -0.39 is 0 Å². The molecule has 1 fully saturated rings. The molecule has 1 aliphatic heterocycles. The van der Waals surface area contributed by atoms with Gasteiger partial charge in [-0.1, -0.05) is 22.0 Å². The number of morpholine rings is 1. The number of ether oxygens (including phenoxy) is 1. The second-order valence-corrected chi connectivity index (χ2v) is 5.61. The number of nitrogens with zero attached hydrogens (tertiary/aromatic N) is 1. The zero-order chi connectivity index (χ0) is 14.5. The van der Waals surface area contributed by atoms with Crippen molar-refractivity contribution in [3.05, 3.63) is 34.1 Å². The van der Waals surface area contributed by atoms with Crippen LogP contribution in [0.15, 0.2) is 22.7 Å². The number of likely N-dealkylation sites (N-methyl/N-ethyl adjacent to an activating group) is 1. The molecule has 0 bridgehead atoms. The van der Waals surface area contributed by atoms with Crippen molar-refractivity contribution >= 4 is 21.8 Å². The number of amides is 1. The third-order valence-corrected chi connectivity index (χ3v) is 3.77. The fraction of sp³-hybridized carbons (Fsp3) is 0.500. The molecule has 1 atom stereocenters. The molecule has 1 N–H and O–H groups in total. The van der Waals surface area contributed by atoms with E-state index in [9.17, 15) is 9.18 Å². The Morgan fingerprint density at radius 2 is 2.40 bits per heavy atom. The van der Waals surface area contributed by atoms with Gasteiger partial charge in [0.2, 0.25) is 5.91 Å². The molecule has 1 aromatic carbocycles. The van der Waals surface area contributed by atoms with E-state index >= 15 is 0 Å². The van der Waals surface area contributed by atoms with Crippen LogP contribution in [-0.2, 0) is 16.1 Å². The van der Waals surface area contributed by atoms with Gasteiger partial charge in [-0.2, -0.15) is 0 Å². The number of nitrogens with one attached hydrogen (secondary N) is 1. The van der Waals surface area contributed by atoms with Crippen molar-refractivity contribution in [3.63, 3.8) is 0 Å². The lowest BCUT2D eigenvalue weighted by Crippen LogP contribution is -2.53. The third kappa shape index (κ3) is 3.77. The van der Waals surface area contributed by atoms with Crippen molar-refractivity contribution in [2.75, 3.05) is 26.3 Å². The largest absolute Gasteiger partial charge is 0.378 e. The van der Waals surface area contributed by atoms with Crippen LogP contribution < -0.4 is 5.32 Å². The first-order valence-corrected chi connectivity index (χ1v) is 7.44. The lowest BCUT2D eigenvalue weighted by Gasteiger charge is -2.34. The van der Waals surface area contributed by atoms with Crippen molar-refractivity contribution in [3.8, 4) is 0 Å². The van der Waals surface area contributed by atoms with E-state index in [1.165, 1.54) is 6.07 Å². The summed E-state index contributed by atoms with van der Waals surface area (Å²) in [6, 6.07) is 4.63. The molecule has 0 radical (unpaired) electrons. The molecular formula is C14H18BrFN2O2. The fourth-order valence-corrected chi connectivity index (χ4v) is 2.56. The maximum absolute atomic E-state index is 13.9. The quantitative estimate of drug-likeness (QED) is 0.907. The Bertz CT molecular complexity index is 484. The van der Waals surface area contributed by atoms with Gasteiger partial charge >= 0.3 is 0 Å². The molecule has 4 nitrogen and oxygen atoms in total.